The zero-order valence-electron chi connectivity index (χ0n) is 16.7. The Balaban J connectivity index is 4.55. The molecule has 0 spiro atoms. The van der Waals surface area contributed by atoms with E-state index in [1.54, 1.807) is 13.8 Å². The van der Waals surface area contributed by atoms with Crippen LogP contribution in [0.3, 0.4) is 0 Å². The van der Waals surface area contributed by atoms with Crippen LogP contribution in [-0.4, -0.2) is 103 Å². The Kier molecular flexibility index (Phi) is 9.53. The van der Waals surface area contributed by atoms with Gasteiger partial charge in [0, 0.05) is 34.1 Å². The summed E-state index contributed by atoms with van der Waals surface area (Å²) in [7, 11) is 5.94. The van der Waals surface area contributed by atoms with E-state index in [9.17, 15) is 24.0 Å². The first kappa shape index (κ1) is 23.5. The summed E-state index contributed by atoms with van der Waals surface area (Å²) >= 11 is 0. The molecule has 148 valence electrons. The van der Waals surface area contributed by atoms with Crippen molar-refractivity contribution in [2.45, 2.75) is 20.8 Å². The molecule has 0 aromatic carbocycles. The first-order chi connectivity index (χ1) is 11.9. The second-order valence-electron chi connectivity index (χ2n) is 6.80. The molecule has 0 rings (SSSR count). The highest BCUT2D eigenvalue weighted by Gasteiger charge is 2.22. The third-order valence-corrected chi connectivity index (χ3v) is 3.72. The average Bonchev–Trinajstić information content (AvgIpc) is 2.52. The molecular weight excluding hydrogens is 340 g/mol. The largest absolute Gasteiger partial charge is 0.337 e. The summed E-state index contributed by atoms with van der Waals surface area (Å²) < 4.78 is 0. The first-order valence-corrected chi connectivity index (χ1v) is 8.33. The van der Waals surface area contributed by atoms with Crippen molar-refractivity contribution in [2.24, 2.45) is 5.92 Å². The Bertz CT molecular complexity index is 561. The minimum atomic E-state index is -0.414. The number of hydrogen-bond acceptors (Lipinski definition) is 5. The van der Waals surface area contributed by atoms with Crippen LogP contribution >= 0.6 is 0 Å². The zero-order chi connectivity index (χ0) is 20.6. The molecule has 0 aliphatic heterocycles. The van der Waals surface area contributed by atoms with Gasteiger partial charge in [0.1, 0.15) is 5.78 Å². The van der Waals surface area contributed by atoms with E-state index in [0.717, 1.165) is 0 Å². The lowest BCUT2D eigenvalue weighted by Crippen LogP contribution is -2.47. The van der Waals surface area contributed by atoms with Crippen molar-refractivity contribution in [1.29, 1.82) is 0 Å². The van der Waals surface area contributed by atoms with E-state index >= 15 is 0 Å². The van der Waals surface area contributed by atoms with E-state index in [0.29, 0.717) is 0 Å². The number of ketones is 1. The molecule has 0 bridgehead atoms. The van der Waals surface area contributed by atoms with Crippen molar-refractivity contribution in [1.82, 2.24) is 19.6 Å². The minimum Gasteiger partial charge on any atom is -0.337 e. The van der Waals surface area contributed by atoms with Crippen molar-refractivity contribution < 1.29 is 24.0 Å². The molecule has 4 amide bonds. The molecule has 26 heavy (non-hydrogen) atoms. The maximum absolute atomic E-state index is 12.2. The van der Waals surface area contributed by atoms with Gasteiger partial charge >= 0.3 is 0 Å². The highest BCUT2D eigenvalue weighted by atomic mass is 16.2. The van der Waals surface area contributed by atoms with Gasteiger partial charge < -0.3 is 19.6 Å². The average molecular weight is 370 g/mol. The molecule has 0 radical (unpaired) electrons. The summed E-state index contributed by atoms with van der Waals surface area (Å²) in [6, 6.07) is 0. The Morgan fingerprint density at radius 3 is 1.23 bits per heavy atom. The van der Waals surface area contributed by atoms with Gasteiger partial charge in [0.15, 0.2) is 0 Å². The van der Waals surface area contributed by atoms with Gasteiger partial charge in [0.25, 0.3) is 0 Å². The van der Waals surface area contributed by atoms with Crippen molar-refractivity contribution in [3.05, 3.63) is 0 Å². The lowest BCUT2D eigenvalue weighted by molar-refractivity contribution is -0.144. The lowest BCUT2D eigenvalue weighted by Gasteiger charge is -2.25. The van der Waals surface area contributed by atoms with Crippen LogP contribution in [0.4, 0.5) is 0 Å². The summed E-state index contributed by atoms with van der Waals surface area (Å²) in [5.41, 5.74) is 0. The van der Waals surface area contributed by atoms with Gasteiger partial charge in [-0.25, -0.2) is 0 Å². The predicted molar refractivity (Wildman–Crippen MR) is 96.1 cm³/mol. The predicted octanol–water partition coefficient (Wildman–Crippen LogP) is -0.935. The molecule has 0 aromatic rings. The molecule has 0 aliphatic carbocycles. The van der Waals surface area contributed by atoms with Gasteiger partial charge in [-0.3, -0.25) is 24.0 Å². The summed E-state index contributed by atoms with van der Waals surface area (Å²) in [5.74, 6) is -1.68. The Hall–Kier alpha value is -2.45. The van der Waals surface area contributed by atoms with Gasteiger partial charge in [-0.15, -0.1) is 0 Å². The van der Waals surface area contributed by atoms with Crippen molar-refractivity contribution in [2.75, 3.05) is 54.4 Å². The zero-order valence-corrected chi connectivity index (χ0v) is 16.7. The third-order valence-electron chi connectivity index (χ3n) is 3.72. The second-order valence-corrected chi connectivity index (χ2v) is 6.80. The number of hydrogen-bond donors (Lipinski definition) is 0. The van der Waals surface area contributed by atoms with Crippen LogP contribution in [0.25, 0.3) is 0 Å². The molecule has 0 aromatic heterocycles. The number of carbonyl (C=O) groups excluding carboxylic acids is 5. The van der Waals surface area contributed by atoms with Crippen molar-refractivity contribution >= 4 is 29.4 Å². The monoisotopic (exact) mass is 370 g/mol. The van der Waals surface area contributed by atoms with E-state index < -0.39 is 5.91 Å². The normalized spacial score (nSPS) is 10.3. The number of nitrogens with zero attached hydrogens (tertiary/aromatic N) is 4. The number of rotatable bonds is 9. The lowest BCUT2D eigenvalue weighted by atomic mass is 10.2. The van der Waals surface area contributed by atoms with Gasteiger partial charge in [-0.2, -0.15) is 0 Å². The highest BCUT2D eigenvalue weighted by molar-refractivity contribution is 5.91. The summed E-state index contributed by atoms with van der Waals surface area (Å²) in [6.45, 7) is 4.33. The fourth-order valence-electron chi connectivity index (χ4n) is 2.09. The van der Waals surface area contributed by atoms with E-state index in [2.05, 4.69) is 0 Å². The topological polar surface area (TPSA) is 98.3 Å². The highest BCUT2D eigenvalue weighted by Crippen LogP contribution is 2.00. The fraction of sp³-hybridized carbons (Fsp3) is 0.706. The Morgan fingerprint density at radius 1 is 0.615 bits per heavy atom. The quantitative estimate of drug-likeness (QED) is 0.522. The third kappa shape index (κ3) is 8.09. The van der Waals surface area contributed by atoms with Crippen LogP contribution in [-0.2, 0) is 24.0 Å². The van der Waals surface area contributed by atoms with Crippen LogP contribution in [0.15, 0.2) is 0 Å². The molecule has 0 atom stereocenters. The van der Waals surface area contributed by atoms with Crippen LogP contribution < -0.4 is 0 Å². The molecule has 0 saturated heterocycles. The molecule has 9 nitrogen and oxygen atoms in total. The van der Waals surface area contributed by atoms with Gasteiger partial charge in [-0.05, 0) is 6.92 Å². The van der Waals surface area contributed by atoms with Crippen LogP contribution in [0.1, 0.15) is 20.8 Å². The molecule has 0 heterocycles. The van der Waals surface area contributed by atoms with Crippen LogP contribution in [0.2, 0.25) is 0 Å². The summed E-state index contributed by atoms with van der Waals surface area (Å²) in [4.78, 5) is 64.1. The van der Waals surface area contributed by atoms with Gasteiger partial charge in [0.2, 0.25) is 23.6 Å². The molecule has 0 fully saturated rings. The molecule has 0 saturated carbocycles. The van der Waals surface area contributed by atoms with Gasteiger partial charge in [-0.1, -0.05) is 13.8 Å². The fourth-order valence-corrected chi connectivity index (χ4v) is 2.09. The maximum atomic E-state index is 12.2. The molecule has 0 aliphatic rings. The maximum Gasteiger partial charge on any atom is 0.242 e. The molecule has 9 heteroatoms. The van der Waals surface area contributed by atoms with Crippen LogP contribution in [0.5, 0.6) is 0 Å². The van der Waals surface area contributed by atoms with Crippen molar-refractivity contribution in [3.8, 4) is 0 Å². The SMILES string of the molecule is CC(=O)CN(C)C(=O)CN(C)C(=O)CN(C)C(=O)CN(C)C(=O)C(C)C. The Labute approximate surface area is 154 Å². The molecular formula is C17H30N4O5. The van der Waals surface area contributed by atoms with E-state index in [-0.39, 0.29) is 55.6 Å². The van der Waals surface area contributed by atoms with E-state index in [1.165, 1.54) is 54.7 Å². The number of amides is 4. The number of likely N-dealkylation sites (N-methyl/N-ethyl adjacent to an activating group) is 4. The van der Waals surface area contributed by atoms with Crippen LogP contribution in [0, 0.1) is 5.92 Å². The van der Waals surface area contributed by atoms with Gasteiger partial charge in [0.05, 0.1) is 26.2 Å². The first-order valence-electron chi connectivity index (χ1n) is 8.33. The van der Waals surface area contributed by atoms with Crippen molar-refractivity contribution in [3.63, 3.8) is 0 Å². The minimum absolute atomic E-state index is 0.0184. The second kappa shape index (κ2) is 10.5. The molecule has 0 N–H and O–H groups in total. The number of carbonyl (C=O) groups is 5. The van der Waals surface area contributed by atoms with E-state index in [4.69, 9.17) is 0 Å². The standard InChI is InChI=1S/C17H30N4O5/c1-12(2)17(26)21(7)11-16(25)20(6)10-15(24)19(5)9-14(23)18(4)8-13(3)22/h12H,8-11H2,1-7H3. The number of Topliss-reactive ketones (excluding diaryl/α,β-unsaturated/α-hetero) is 1. The van der Waals surface area contributed by atoms with E-state index in [1.807, 2.05) is 0 Å². The Morgan fingerprint density at radius 2 is 0.923 bits per heavy atom. The summed E-state index contributed by atoms with van der Waals surface area (Å²) in [5, 5.41) is 0. The summed E-state index contributed by atoms with van der Waals surface area (Å²) in [6.07, 6.45) is 0. The molecule has 0 unspecified atom stereocenters. The smallest absolute Gasteiger partial charge is 0.242 e.